The van der Waals surface area contributed by atoms with Gasteiger partial charge < -0.3 is 14.8 Å². The van der Waals surface area contributed by atoms with Crippen LogP contribution in [0.2, 0.25) is 5.02 Å². The van der Waals surface area contributed by atoms with Crippen LogP contribution in [0.25, 0.3) is 0 Å². The Morgan fingerprint density at radius 3 is 2.94 bits per heavy atom. The molecule has 0 aromatic heterocycles. The highest BCUT2D eigenvalue weighted by atomic mass is 35.5. The second-order valence-corrected chi connectivity index (χ2v) is 4.39. The molecule has 0 amide bonds. The van der Waals surface area contributed by atoms with Crippen LogP contribution in [0.15, 0.2) is 6.07 Å². The van der Waals surface area contributed by atoms with Gasteiger partial charge in [-0.15, -0.1) is 0 Å². The summed E-state index contributed by atoms with van der Waals surface area (Å²) in [6, 6.07) is 1.72. The fraction of sp³-hybridized carbons (Fsp3) is 0.500. The van der Waals surface area contributed by atoms with Crippen LogP contribution >= 0.6 is 11.6 Å². The lowest BCUT2D eigenvalue weighted by atomic mass is 10.0. The molecule has 17 heavy (non-hydrogen) atoms. The second-order valence-electron chi connectivity index (χ2n) is 4.01. The first-order valence-electron chi connectivity index (χ1n) is 5.50. The monoisotopic (exact) mass is 259 g/mol. The van der Waals surface area contributed by atoms with Crippen molar-refractivity contribution in [1.82, 2.24) is 5.32 Å². The third-order valence-electron chi connectivity index (χ3n) is 2.85. The van der Waals surface area contributed by atoms with E-state index in [1.807, 2.05) is 6.92 Å². The quantitative estimate of drug-likeness (QED) is 0.885. The van der Waals surface area contributed by atoms with E-state index in [1.54, 1.807) is 6.07 Å². The van der Waals surface area contributed by atoms with Crippen LogP contribution < -0.4 is 10.1 Å². The van der Waals surface area contributed by atoms with Gasteiger partial charge in [-0.25, -0.2) is 4.39 Å². The van der Waals surface area contributed by atoms with Gasteiger partial charge in [-0.3, -0.25) is 0 Å². The van der Waals surface area contributed by atoms with Crippen molar-refractivity contribution in [3.63, 3.8) is 0 Å². The zero-order valence-corrected chi connectivity index (χ0v) is 10.6. The first-order valence-corrected chi connectivity index (χ1v) is 5.87. The molecule has 1 aromatic carbocycles. The van der Waals surface area contributed by atoms with Gasteiger partial charge in [0, 0.05) is 18.7 Å². The molecule has 1 aromatic rings. The predicted octanol–water partition coefficient (Wildman–Crippen LogP) is 2.46. The van der Waals surface area contributed by atoms with Crippen LogP contribution in [-0.2, 0) is 4.74 Å². The van der Waals surface area contributed by atoms with Crippen molar-refractivity contribution in [3.05, 3.63) is 28.0 Å². The second kappa shape index (κ2) is 5.21. The number of halogens is 2. The molecule has 1 heterocycles. The molecule has 1 atom stereocenters. The normalized spacial score (nSPS) is 20.4. The standard InChI is InChI=1S/C12H15ClFNO2/c1-7-5-8(9-6-15-3-4-17-9)11(14)12(16-2)10(7)13/h5,9,15H,3-4,6H2,1-2H3. The number of rotatable bonds is 2. The van der Waals surface area contributed by atoms with Gasteiger partial charge in [-0.2, -0.15) is 0 Å². The zero-order chi connectivity index (χ0) is 12.4. The lowest BCUT2D eigenvalue weighted by Crippen LogP contribution is -2.33. The Bertz CT molecular complexity index is 419. The average Bonchev–Trinajstić information content (AvgIpc) is 2.36. The van der Waals surface area contributed by atoms with Crippen LogP contribution in [-0.4, -0.2) is 26.8 Å². The summed E-state index contributed by atoms with van der Waals surface area (Å²) in [4.78, 5) is 0. The molecule has 1 N–H and O–H groups in total. The van der Waals surface area contributed by atoms with Crippen molar-refractivity contribution in [1.29, 1.82) is 0 Å². The molecule has 1 aliphatic heterocycles. The first kappa shape index (κ1) is 12.6. The third-order valence-corrected chi connectivity index (χ3v) is 3.32. The molecule has 1 saturated heterocycles. The molecule has 0 bridgehead atoms. The van der Waals surface area contributed by atoms with E-state index in [4.69, 9.17) is 21.1 Å². The topological polar surface area (TPSA) is 30.5 Å². The predicted molar refractivity (Wildman–Crippen MR) is 64.3 cm³/mol. The number of hydrogen-bond acceptors (Lipinski definition) is 3. The Labute approximate surface area is 105 Å². The minimum atomic E-state index is -0.434. The molecule has 2 rings (SSSR count). The van der Waals surface area contributed by atoms with Crippen LogP contribution in [0.4, 0.5) is 4.39 Å². The van der Waals surface area contributed by atoms with E-state index in [9.17, 15) is 4.39 Å². The van der Waals surface area contributed by atoms with E-state index in [0.29, 0.717) is 23.7 Å². The fourth-order valence-corrected chi connectivity index (χ4v) is 2.16. The van der Waals surface area contributed by atoms with Gasteiger partial charge in [0.2, 0.25) is 0 Å². The average molecular weight is 260 g/mol. The van der Waals surface area contributed by atoms with Gasteiger partial charge in [-0.05, 0) is 18.6 Å². The summed E-state index contributed by atoms with van der Waals surface area (Å²) >= 11 is 5.99. The number of nitrogens with one attached hydrogen (secondary N) is 1. The van der Waals surface area contributed by atoms with Crippen molar-refractivity contribution >= 4 is 11.6 Å². The van der Waals surface area contributed by atoms with Gasteiger partial charge >= 0.3 is 0 Å². The van der Waals surface area contributed by atoms with Gasteiger partial charge in [0.1, 0.15) is 0 Å². The van der Waals surface area contributed by atoms with Gasteiger partial charge in [0.05, 0.1) is 24.8 Å². The van der Waals surface area contributed by atoms with Gasteiger partial charge in [-0.1, -0.05) is 11.6 Å². The summed E-state index contributed by atoms with van der Waals surface area (Å²) < 4.78 is 24.7. The van der Waals surface area contributed by atoms with Crippen molar-refractivity contribution in [2.45, 2.75) is 13.0 Å². The SMILES string of the molecule is COc1c(F)c(C2CNCCO2)cc(C)c1Cl. The highest BCUT2D eigenvalue weighted by Gasteiger charge is 2.24. The Morgan fingerprint density at radius 2 is 2.35 bits per heavy atom. The summed E-state index contributed by atoms with van der Waals surface area (Å²) in [5.41, 5.74) is 1.28. The number of methoxy groups -OCH3 is 1. The van der Waals surface area contributed by atoms with Crippen LogP contribution in [0.3, 0.4) is 0 Å². The maximum atomic E-state index is 14.2. The number of aryl methyl sites for hydroxylation is 1. The maximum absolute atomic E-state index is 14.2. The van der Waals surface area contributed by atoms with E-state index in [0.717, 1.165) is 12.1 Å². The molecule has 1 fully saturated rings. The minimum Gasteiger partial charge on any atom is -0.492 e. The zero-order valence-electron chi connectivity index (χ0n) is 9.85. The Hall–Kier alpha value is -0.840. The largest absolute Gasteiger partial charge is 0.492 e. The van der Waals surface area contributed by atoms with Gasteiger partial charge in [0.25, 0.3) is 0 Å². The molecular formula is C12H15ClFNO2. The molecule has 5 heteroatoms. The molecule has 94 valence electrons. The number of morpholine rings is 1. The van der Waals surface area contributed by atoms with Crippen molar-refractivity contribution in [3.8, 4) is 5.75 Å². The van der Waals surface area contributed by atoms with E-state index in [-0.39, 0.29) is 11.9 Å². The molecule has 0 spiro atoms. The minimum absolute atomic E-state index is 0.0934. The molecule has 0 aliphatic carbocycles. The summed E-state index contributed by atoms with van der Waals surface area (Å²) in [5, 5.41) is 3.48. The van der Waals surface area contributed by atoms with Crippen LogP contribution in [0.1, 0.15) is 17.2 Å². The summed E-state index contributed by atoms with van der Waals surface area (Å²) in [5.74, 6) is -0.340. The van der Waals surface area contributed by atoms with Crippen molar-refractivity contribution in [2.75, 3.05) is 26.8 Å². The van der Waals surface area contributed by atoms with Crippen molar-refractivity contribution in [2.24, 2.45) is 0 Å². The highest BCUT2D eigenvalue weighted by molar-refractivity contribution is 6.32. The van der Waals surface area contributed by atoms with E-state index in [1.165, 1.54) is 7.11 Å². The van der Waals surface area contributed by atoms with E-state index < -0.39 is 5.82 Å². The fourth-order valence-electron chi connectivity index (χ4n) is 1.95. The van der Waals surface area contributed by atoms with E-state index in [2.05, 4.69) is 5.32 Å². The van der Waals surface area contributed by atoms with Crippen LogP contribution in [0.5, 0.6) is 5.75 Å². The summed E-state index contributed by atoms with van der Waals surface area (Å²) in [6.45, 7) is 3.79. The smallest absolute Gasteiger partial charge is 0.173 e. The summed E-state index contributed by atoms with van der Waals surface area (Å²) in [6.07, 6.45) is -0.284. The molecule has 1 aliphatic rings. The molecule has 3 nitrogen and oxygen atoms in total. The highest BCUT2D eigenvalue weighted by Crippen LogP contribution is 2.36. The summed E-state index contributed by atoms with van der Waals surface area (Å²) in [7, 11) is 1.41. The lowest BCUT2D eigenvalue weighted by molar-refractivity contribution is 0.0252. The molecule has 0 saturated carbocycles. The molecular weight excluding hydrogens is 245 g/mol. The van der Waals surface area contributed by atoms with E-state index >= 15 is 0 Å². The number of benzene rings is 1. The number of ether oxygens (including phenoxy) is 2. The van der Waals surface area contributed by atoms with Gasteiger partial charge in [0.15, 0.2) is 11.6 Å². The Kier molecular flexibility index (Phi) is 3.86. The maximum Gasteiger partial charge on any atom is 0.173 e. The number of hydrogen-bond donors (Lipinski definition) is 1. The van der Waals surface area contributed by atoms with Crippen LogP contribution in [0, 0.1) is 12.7 Å². The molecule has 0 radical (unpaired) electrons. The molecule has 1 unspecified atom stereocenters. The Morgan fingerprint density at radius 1 is 1.59 bits per heavy atom. The Balaban J connectivity index is 2.42. The third kappa shape index (κ3) is 2.39. The lowest BCUT2D eigenvalue weighted by Gasteiger charge is -2.25. The van der Waals surface area contributed by atoms with Crippen molar-refractivity contribution < 1.29 is 13.9 Å². The first-order chi connectivity index (χ1) is 8.15.